The van der Waals surface area contributed by atoms with Crippen molar-refractivity contribution < 1.29 is 27.5 Å². The van der Waals surface area contributed by atoms with Gasteiger partial charge in [-0.25, -0.2) is 0 Å². The Morgan fingerprint density at radius 3 is 1.89 bits per heavy atom. The molecular weight excluding hydrogens is 528 g/mol. The quantitative estimate of drug-likeness (QED) is 0.293. The van der Waals surface area contributed by atoms with Gasteiger partial charge in [0.05, 0.1) is 0 Å². The first-order valence-corrected chi connectivity index (χ1v) is 15.8. The van der Waals surface area contributed by atoms with Gasteiger partial charge < -0.3 is 19.0 Å². The van der Waals surface area contributed by atoms with E-state index in [1.165, 1.54) is 12.1 Å². The van der Waals surface area contributed by atoms with Crippen molar-refractivity contribution in [3.8, 4) is 11.5 Å². The van der Waals surface area contributed by atoms with Crippen molar-refractivity contribution in [2.45, 2.75) is 71.6 Å². The Labute approximate surface area is 229 Å². The summed E-state index contributed by atoms with van der Waals surface area (Å²) < 4.78 is 35.3. The van der Waals surface area contributed by atoms with E-state index < -0.39 is 49.4 Å². The molecule has 212 valence electrons. The first-order chi connectivity index (χ1) is 17.8. The summed E-state index contributed by atoms with van der Waals surface area (Å²) in [5.74, 6) is 2.25. The molecule has 0 saturated carbocycles. The summed E-state index contributed by atoms with van der Waals surface area (Å²) in [6.07, 6.45) is 10.3. The summed E-state index contributed by atoms with van der Waals surface area (Å²) in [5.41, 5.74) is -1.37. The van der Waals surface area contributed by atoms with Crippen molar-refractivity contribution in [3.05, 3.63) is 62.7 Å². The minimum Gasteiger partial charge on any atom is -0.502 e. The number of allylic oxidation sites excluding steroid dienone is 1. The second kappa shape index (κ2) is 14.6. The summed E-state index contributed by atoms with van der Waals surface area (Å²) in [7, 11) is -1.94. The molecule has 0 aliphatic rings. The zero-order valence-corrected chi connectivity index (χ0v) is 24.3. The third kappa shape index (κ3) is 11.1. The lowest BCUT2D eigenvalue weighted by atomic mass is 9.84. The zero-order valence-electron chi connectivity index (χ0n) is 22.7. The topological polar surface area (TPSA) is 135 Å². The third-order valence-electron chi connectivity index (χ3n) is 6.41. The number of rotatable bonds is 16. The molecule has 0 spiro atoms. The Morgan fingerprint density at radius 1 is 0.789 bits per heavy atom. The molecule has 2 heterocycles. The molecular formula is C28H40O8S2. The van der Waals surface area contributed by atoms with Crippen LogP contribution in [0.4, 0.5) is 0 Å². The Hall–Kier alpha value is -2.46. The summed E-state index contributed by atoms with van der Waals surface area (Å²) >= 11 is 0. The van der Waals surface area contributed by atoms with E-state index in [-0.39, 0.29) is 5.41 Å². The van der Waals surface area contributed by atoms with Crippen LogP contribution in [0.25, 0.3) is 6.08 Å². The van der Waals surface area contributed by atoms with E-state index >= 15 is 0 Å². The highest BCUT2D eigenvalue weighted by atomic mass is 32.2. The maximum absolute atomic E-state index is 12.4. The lowest BCUT2D eigenvalue weighted by Gasteiger charge is -2.23. The van der Waals surface area contributed by atoms with Gasteiger partial charge in [-0.2, -0.15) is 0 Å². The standard InChI is InChI=1S/C28H40O8S2/c1-27(2,10-5-9-21-17-22(29)24(31)19-35-21)11-6-13-37(33)15-8-16-38(34)14-7-12-28(3,4)26-18-23(30)25(32)20-36-26/h5,9,17-20,31-32H,6-8,10-16H2,1-4H3. The van der Waals surface area contributed by atoms with Gasteiger partial charge in [-0.1, -0.05) is 33.8 Å². The molecule has 0 aliphatic heterocycles. The first-order valence-electron chi connectivity index (χ1n) is 12.8. The molecule has 0 saturated heterocycles. The van der Waals surface area contributed by atoms with E-state index in [0.717, 1.165) is 31.8 Å². The van der Waals surface area contributed by atoms with E-state index in [2.05, 4.69) is 13.8 Å². The van der Waals surface area contributed by atoms with Gasteiger partial charge >= 0.3 is 0 Å². The van der Waals surface area contributed by atoms with Gasteiger partial charge in [-0.3, -0.25) is 18.0 Å². The van der Waals surface area contributed by atoms with Gasteiger partial charge in [0.25, 0.3) is 0 Å². The Bertz CT molecular complexity index is 1240. The van der Waals surface area contributed by atoms with Crippen LogP contribution in [-0.2, 0) is 27.0 Å². The summed E-state index contributed by atoms with van der Waals surface area (Å²) in [6, 6.07) is 2.55. The molecule has 2 N–H and O–H groups in total. The van der Waals surface area contributed by atoms with E-state index in [1.807, 2.05) is 19.9 Å². The van der Waals surface area contributed by atoms with Gasteiger partial charge in [-0.15, -0.1) is 0 Å². The fourth-order valence-corrected chi connectivity index (χ4v) is 6.41. The first kappa shape index (κ1) is 31.8. The highest BCUT2D eigenvalue weighted by molar-refractivity contribution is 7.85. The molecule has 38 heavy (non-hydrogen) atoms. The molecule has 2 unspecified atom stereocenters. The maximum atomic E-state index is 12.4. The molecule has 2 atom stereocenters. The normalized spacial score (nSPS) is 14.1. The van der Waals surface area contributed by atoms with Crippen molar-refractivity contribution in [2.75, 3.05) is 23.0 Å². The Balaban J connectivity index is 1.61. The summed E-state index contributed by atoms with van der Waals surface area (Å²) in [4.78, 5) is 23.1. The van der Waals surface area contributed by atoms with E-state index in [0.29, 0.717) is 53.8 Å². The smallest absolute Gasteiger partial charge is 0.227 e. The SMILES string of the molecule is CC(C)(CC=Cc1cc(=O)c(O)co1)CCCS(=O)CCCS(=O)CCCC(C)(C)c1cc(=O)c(O)co1. The van der Waals surface area contributed by atoms with Crippen LogP contribution in [0.3, 0.4) is 0 Å². The highest BCUT2D eigenvalue weighted by Gasteiger charge is 2.24. The fraction of sp³-hybridized carbons (Fsp3) is 0.571. The van der Waals surface area contributed by atoms with Crippen LogP contribution in [0.5, 0.6) is 11.5 Å². The van der Waals surface area contributed by atoms with Crippen molar-refractivity contribution in [3.63, 3.8) is 0 Å². The number of aromatic hydroxyl groups is 2. The highest BCUT2D eigenvalue weighted by Crippen LogP contribution is 2.29. The largest absolute Gasteiger partial charge is 0.502 e. The van der Waals surface area contributed by atoms with Gasteiger partial charge in [0, 0.05) is 62.2 Å². The second-order valence-corrected chi connectivity index (χ2v) is 14.3. The van der Waals surface area contributed by atoms with Crippen LogP contribution in [0, 0.1) is 5.41 Å². The monoisotopic (exact) mass is 568 g/mol. The molecule has 2 rings (SSSR count). The Morgan fingerprint density at radius 2 is 1.32 bits per heavy atom. The van der Waals surface area contributed by atoms with Crippen molar-refractivity contribution in [1.82, 2.24) is 0 Å². The molecule has 0 aromatic carbocycles. The molecule has 2 aromatic heterocycles. The molecule has 0 bridgehead atoms. The predicted molar refractivity (Wildman–Crippen MR) is 153 cm³/mol. The fourth-order valence-electron chi connectivity index (χ4n) is 3.96. The Kier molecular flexibility index (Phi) is 12.2. The molecule has 0 amide bonds. The van der Waals surface area contributed by atoms with E-state index in [4.69, 9.17) is 8.83 Å². The maximum Gasteiger partial charge on any atom is 0.227 e. The summed E-state index contributed by atoms with van der Waals surface area (Å²) in [5, 5.41) is 18.6. The van der Waals surface area contributed by atoms with Crippen LogP contribution in [0.1, 0.15) is 77.7 Å². The van der Waals surface area contributed by atoms with Crippen molar-refractivity contribution >= 4 is 27.7 Å². The summed E-state index contributed by atoms with van der Waals surface area (Å²) in [6.45, 7) is 8.15. The van der Waals surface area contributed by atoms with Crippen molar-refractivity contribution in [2.24, 2.45) is 5.41 Å². The van der Waals surface area contributed by atoms with Gasteiger partial charge in [0.1, 0.15) is 24.0 Å². The van der Waals surface area contributed by atoms with Crippen molar-refractivity contribution in [1.29, 1.82) is 0 Å². The lowest BCUT2D eigenvalue weighted by molar-refractivity contribution is 0.337. The van der Waals surface area contributed by atoms with Crippen LogP contribution in [-0.4, -0.2) is 41.6 Å². The molecule has 0 radical (unpaired) electrons. The molecule has 10 heteroatoms. The van der Waals surface area contributed by atoms with Gasteiger partial charge in [0.2, 0.25) is 10.9 Å². The minimum absolute atomic E-state index is 0.00411. The number of hydrogen-bond acceptors (Lipinski definition) is 8. The van der Waals surface area contributed by atoms with Crippen LogP contribution >= 0.6 is 0 Å². The molecule has 0 fully saturated rings. The van der Waals surface area contributed by atoms with Crippen LogP contribution < -0.4 is 10.9 Å². The third-order valence-corrected chi connectivity index (χ3v) is 9.38. The molecule has 2 aromatic rings. The van der Waals surface area contributed by atoms with Gasteiger partial charge in [0.15, 0.2) is 11.5 Å². The average Bonchev–Trinajstić information content (AvgIpc) is 2.82. The van der Waals surface area contributed by atoms with E-state index in [1.54, 1.807) is 6.08 Å². The molecule has 8 nitrogen and oxygen atoms in total. The zero-order chi connectivity index (χ0) is 28.3. The molecule has 0 aliphatic carbocycles. The van der Waals surface area contributed by atoms with E-state index in [9.17, 15) is 28.2 Å². The minimum atomic E-state index is -0.993. The lowest BCUT2D eigenvalue weighted by Crippen LogP contribution is -2.20. The average molecular weight is 569 g/mol. The van der Waals surface area contributed by atoms with Gasteiger partial charge in [-0.05, 0) is 50.0 Å². The van der Waals surface area contributed by atoms with Crippen LogP contribution in [0.15, 0.2) is 49.2 Å². The second-order valence-electron chi connectivity index (χ2n) is 10.9. The predicted octanol–water partition coefficient (Wildman–Crippen LogP) is 4.86. The van der Waals surface area contributed by atoms with Crippen LogP contribution in [0.2, 0.25) is 0 Å². The number of hydrogen-bond donors (Lipinski definition) is 2.